The second kappa shape index (κ2) is 12.0. The van der Waals surface area contributed by atoms with E-state index >= 15 is 0 Å². The summed E-state index contributed by atoms with van der Waals surface area (Å²) in [4.78, 5) is 19.2. The highest BCUT2D eigenvalue weighted by Crippen LogP contribution is 2.32. The number of aryl methyl sites for hydroxylation is 1. The molecule has 178 valence electrons. The molecule has 4 rings (SSSR count). The van der Waals surface area contributed by atoms with Crippen molar-refractivity contribution >= 4 is 28.2 Å². The van der Waals surface area contributed by atoms with Gasteiger partial charge in [-0.05, 0) is 91.8 Å². The van der Waals surface area contributed by atoms with Crippen molar-refractivity contribution in [3.63, 3.8) is 0 Å². The highest BCUT2D eigenvalue weighted by atomic mass is 32.1. The molecule has 1 aliphatic rings. The monoisotopic (exact) mass is 476 g/mol. The van der Waals surface area contributed by atoms with Crippen LogP contribution in [0.5, 0.6) is 5.75 Å². The standard InChI is InChI=1S/C28H32N2O3S/c1-33-24-10-11-27-26(19-24)22(13-15-29-27)6-2-5-21-14-17-30(20-23(21)9-12-28(31)32)16-3-7-25-8-4-18-34-25/h4,8,10-11,13,15,18-19,21,23H,2,5-6,9,12,14,16-17,20H2,1H3,(H,31,32). The van der Waals surface area contributed by atoms with E-state index in [1.807, 2.05) is 35.8 Å². The molecule has 6 heteroatoms. The highest BCUT2D eigenvalue weighted by molar-refractivity contribution is 7.10. The van der Waals surface area contributed by atoms with Crippen LogP contribution in [0.15, 0.2) is 48.0 Å². The van der Waals surface area contributed by atoms with Crippen LogP contribution in [-0.4, -0.2) is 47.7 Å². The lowest BCUT2D eigenvalue weighted by atomic mass is 9.79. The summed E-state index contributed by atoms with van der Waals surface area (Å²) < 4.78 is 5.41. The molecule has 0 spiro atoms. The molecular weight excluding hydrogens is 444 g/mol. The number of benzene rings is 1. The number of nitrogens with zero attached hydrogens (tertiary/aromatic N) is 2. The Morgan fingerprint density at radius 1 is 1.26 bits per heavy atom. The molecule has 1 N–H and O–H groups in total. The van der Waals surface area contributed by atoms with E-state index in [0.717, 1.165) is 73.3 Å². The number of hydrogen-bond donors (Lipinski definition) is 1. The van der Waals surface area contributed by atoms with Crippen molar-refractivity contribution in [2.45, 2.75) is 38.5 Å². The van der Waals surface area contributed by atoms with Gasteiger partial charge < -0.3 is 9.84 Å². The Hall–Kier alpha value is -2.88. The van der Waals surface area contributed by atoms with E-state index in [4.69, 9.17) is 4.74 Å². The fourth-order valence-electron chi connectivity index (χ4n) is 4.99. The third kappa shape index (κ3) is 6.59. The molecule has 1 fully saturated rings. The Morgan fingerprint density at radius 3 is 2.97 bits per heavy atom. The maximum absolute atomic E-state index is 11.3. The second-order valence-corrected chi connectivity index (χ2v) is 9.95. The number of likely N-dealkylation sites (tertiary alicyclic amines) is 1. The van der Waals surface area contributed by atoms with Crippen molar-refractivity contribution in [3.05, 3.63) is 58.4 Å². The molecule has 3 heterocycles. The zero-order valence-electron chi connectivity index (χ0n) is 19.7. The fraction of sp³-hybridized carbons (Fsp3) is 0.429. The number of carbonyl (C=O) groups is 1. The van der Waals surface area contributed by atoms with Crippen LogP contribution in [0.1, 0.15) is 42.5 Å². The Morgan fingerprint density at radius 2 is 2.18 bits per heavy atom. The van der Waals surface area contributed by atoms with E-state index in [9.17, 15) is 9.90 Å². The van der Waals surface area contributed by atoms with E-state index in [-0.39, 0.29) is 6.42 Å². The van der Waals surface area contributed by atoms with Crippen LogP contribution in [0.25, 0.3) is 10.9 Å². The Balaban J connectivity index is 1.35. The van der Waals surface area contributed by atoms with Crippen LogP contribution in [0, 0.1) is 23.7 Å². The summed E-state index contributed by atoms with van der Waals surface area (Å²) in [6, 6.07) is 12.2. The first-order chi connectivity index (χ1) is 16.6. The highest BCUT2D eigenvalue weighted by Gasteiger charge is 2.28. The first-order valence-electron chi connectivity index (χ1n) is 12.0. The van der Waals surface area contributed by atoms with Gasteiger partial charge in [-0.15, -0.1) is 11.3 Å². The molecule has 0 amide bonds. The van der Waals surface area contributed by atoms with E-state index in [1.54, 1.807) is 18.4 Å². The quantitative estimate of drug-likeness (QED) is 0.414. The number of carboxylic acids is 1. The van der Waals surface area contributed by atoms with Gasteiger partial charge in [-0.1, -0.05) is 17.9 Å². The van der Waals surface area contributed by atoms with Crippen molar-refractivity contribution in [1.29, 1.82) is 0 Å². The van der Waals surface area contributed by atoms with Crippen LogP contribution in [0.3, 0.4) is 0 Å². The molecule has 2 atom stereocenters. The summed E-state index contributed by atoms with van der Waals surface area (Å²) >= 11 is 1.66. The van der Waals surface area contributed by atoms with Crippen LogP contribution in [0.2, 0.25) is 0 Å². The van der Waals surface area contributed by atoms with Gasteiger partial charge in [0.15, 0.2) is 0 Å². The molecule has 2 aromatic heterocycles. The average molecular weight is 477 g/mol. The van der Waals surface area contributed by atoms with E-state index in [2.05, 4.69) is 33.9 Å². The van der Waals surface area contributed by atoms with Gasteiger partial charge in [0.05, 0.1) is 24.0 Å². The van der Waals surface area contributed by atoms with Gasteiger partial charge in [0.1, 0.15) is 5.75 Å². The van der Waals surface area contributed by atoms with Crippen molar-refractivity contribution < 1.29 is 14.6 Å². The van der Waals surface area contributed by atoms with Crippen LogP contribution >= 0.6 is 11.3 Å². The summed E-state index contributed by atoms with van der Waals surface area (Å²) in [6.45, 7) is 2.72. The number of aromatic nitrogens is 1. The van der Waals surface area contributed by atoms with E-state index < -0.39 is 5.97 Å². The molecule has 1 saturated heterocycles. The Bertz CT molecular complexity index is 1150. The van der Waals surface area contributed by atoms with Gasteiger partial charge in [0.25, 0.3) is 0 Å². The minimum absolute atomic E-state index is 0.241. The number of thiophene rings is 1. The van der Waals surface area contributed by atoms with Crippen LogP contribution in [0.4, 0.5) is 0 Å². The number of fused-ring (bicyclic) bond motifs is 1. The summed E-state index contributed by atoms with van der Waals surface area (Å²) in [5.41, 5.74) is 2.29. The normalized spacial score (nSPS) is 18.4. The fourth-order valence-corrected chi connectivity index (χ4v) is 5.58. The number of aliphatic carboxylic acids is 1. The lowest BCUT2D eigenvalue weighted by Gasteiger charge is -2.38. The summed E-state index contributed by atoms with van der Waals surface area (Å²) in [6.07, 6.45) is 7.17. The van der Waals surface area contributed by atoms with Crippen molar-refractivity contribution in [1.82, 2.24) is 9.88 Å². The molecule has 0 aliphatic carbocycles. The van der Waals surface area contributed by atoms with Gasteiger partial charge in [0.2, 0.25) is 0 Å². The van der Waals surface area contributed by atoms with Crippen LogP contribution < -0.4 is 4.74 Å². The topological polar surface area (TPSA) is 62.7 Å². The van der Waals surface area contributed by atoms with Crippen molar-refractivity contribution in [2.24, 2.45) is 11.8 Å². The lowest BCUT2D eigenvalue weighted by molar-refractivity contribution is -0.137. The van der Waals surface area contributed by atoms with Gasteiger partial charge in [-0.2, -0.15) is 0 Å². The minimum Gasteiger partial charge on any atom is -0.497 e. The van der Waals surface area contributed by atoms with Gasteiger partial charge in [-0.25, -0.2) is 0 Å². The summed E-state index contributed by atoms with van der Waals surface area (Å²) in [5, 5.41) is 12.5. The lowest BCUT2D eigenvalue weighted by Crippen LogP contribution is -2.41. The van der Waals surface area contributed by atoms with Crippen LogP contribution in [-0.2, 0) is 11.2 Å². The molecule has 2 unspecified atom stereocenters. The maximum Gasteiger partial charge on any atom is 0.303 e. The number of hydrogen-bond acceptors (Lipinski definition) is 5. The molecule has 1 aliphatic heterocycles. The molecule has 3 aromatic rings. The van der Waals surface area contributed by atoms with Gasteiger partial charge in [-0.3, -0.25) is 14.7 Å². The first-order valence-corrected chi connectivity index (χ1v) is 12.9. The Kier molecular flexibility index (Phi) is 8.56. The second-order valence-electron chi connectivity index (χ2n) is 9.00. The van der Waals surface area contributed by atoms with Crippen molar-refractivity contribution in [2.75, 3.05) is 26.7 Å². The maximum atomic E-state index is 11.3. The molecular formula is C28H32N2O3S. The number of piperidine rings is 1. The zero-order valence-corrected chi connectivity index (χ0v) is 20.5. The Labute approximate surface area is 205 Å². The predicted octanol–water partition coefficient (Wildman–Crippen LogP) is 5.48. The predicted molar refractivity (Wildman–Crippen MR) is 137 cm³/mol. The summed E-state index contributed by atoms with van der Waals surface area (Å²) in [5.74, 6) is 7.66. The average Bonchev–Trinajstić information content (AvgIpc) is 3.37. The smallest absolute Gasteiger partial charge is 0.303 e. The third-order valence-corrected chi connectivity index (χ3v) is 7.59. The van der Waals surface area contributed by atoms with Gasteiger partial charge >= 0.3 is 5.97 Å². The minimum atomic E-state index is -0.703. The summed E-state index contributed by atoms with van der Waals surface area (Å²) in [7, 11) is 1.69. The van der Waals surface area contributed by atoms with Gasteiger partial charge in [0, 0.05) is 24.5 Å². The molecule has 34 heavy (non-hydrogen) atoms. The largest absolute Gasteiger partial charge is 0.497 e. The molecule has 1 aromatic carbocycles. The number of ether oxygens (including phenoxy) is 1. The molecule has 5 nitrogen and oxygen atoms in total. The number of pyridine rings is 1. The number of methoxy groups -OCH3 is 1. The third-order valence-electron chi connectivity index (χ3n) is 6.80. The molecule has 0 saturated carbocycles. The van der Waals surface area contributed by atoms with Crippen molar-refractivity contribution in [3.8, 4) is 17.6 Å². The van der Waals surface area contributed by atoms with E-state index in [0.29, 0.717) is 11.8 Å². The van der Waals surface area contributed by atoms with E-state index in [1.165, 1.54) is 5.56 Å². The number of rotatable bonds is 9. The molecule has 0 radical (unpaired) electrons. The SMILES string of the molecule is COc1ccc2nccc(CCCC3CCN(CC#Cc4cccs4)CC3CCC(=O)O)c2c1. The molecule has 0 bridgehead atoms. The number of carboxylic acid groups (broad SMARTS) is 1. The first kappa shape index (κ1) is 24.3. The zero-order chi connectivity index (χ0) is 23.8.